The number of fused-ring (bicyclic) bond motifs is 4. The van der Waals surface area contributed by atoms with Crippen molar-refractivity contribution in [2.45, 2.75) is 70.1 Å². The molecule has 2 saturated heterocycles. The number of pyridine rings is 2. The number of hydrogen-bond donors (Lipinski definition) is 1. The Morgan fingerprint density at radius 3 is 1.73 bits per heavy atom. The van der Waals surface area contributed by atoms with Crippen LogP contribution >= 0.6 is 23.2 Å². The molecule has 4 aromatic rings. The molecule has 0 radical (unpaired) electrons. The maximum Gasteiger partial charge on any atom is 0.409 e. The molecule has 1 N–H and O–H groups in total. The smallest absolute Gasteiger partial charge is 0.409 e. The summed E-state index contributed by atoms with van der Waals surface area (Å²) in [6.07, 6.45) is 12.2. The van der Waals surface area contributed by atoms with E-state index in [1.807, 2.05) is 42.4 Å². The summed E-state index contributed by atoms with van der Waals surface area (Å²) in [6.45, 7) is 5.99. The minimum absolute atomic E-state index is 0.192. The van der Waals surface area contributed by atoms with E-state index >= 15 is 0 Å². The number of aromatic nitrogens is 2. The molecule has 2 atom stereocenters. The molecule has 2 aliphatic heterocycles. The van der Waals surface area contributed by atoms with Crippen LogP contribution in [0.25, 0.3) is 0 Å². The van der Waals surface area contributed by atoms with Crippen LogP contribution in [0.4, 0.5) is 4.79 Å². The van der Waals surface area contributed by atoms with Crippen molar-refractivity contribution >= 4 is 29.3 Å². The summed E-state index contributed by atoms with van der Waals surface area (Å²) in [5, 5.41) is 5.13. The van der Waals surface area contributed by atoms with Gasteiger partial charge in [0, 0.05) is 47.4 Å². The number of amides is 1. The number of nitrogens with zero attached hydrogens (tertiary/aromatic N) is 3. The lowest BCUT2D eigenvalue weighted by Gasteiger charge is -2.36. The van der Waals surface area contributed by atoms with Crippen molar-refractivity contribution in [2.75, 3.05) is 32.8 Å². The van der Waals surface area contributed by atoms with Gasteiger partial charge in [-0.2, -0.15) is 0 Å². The molecular formula is C41H46Cl2N4O2. The molecule has 4 heterocycles. The zero-order valence-electron chi connectivity index (χ0n) is 28.3. The number of likely N-dealkylation sites (tertiary alicyclic amines) is 1. The van der Waals surface area contributed by atoms with Crippen LogP contribution < -0.4 is 5.32 Å². The van der Waals surface area contributed by atoms with Crippen LogP contribution in [-0.2, 0) is 30.4 Å². The molecule has 1 amide bonds. The number of ether oxygens (including phenoxy) is 1. The molecule has 2 aromatic carbocycles. The second kappa shape index (κ2) is 15.6. The highest BCUT2D eigenvalue weighted by Crippen LogP contribution is 2.44. The van der Waals surface area contributed by atoms with E-state index < -0.39 is 0 Å². The van der Waals surface area contributed by atoms with Crippen LogP contribution in [-0.4, -0.2) is 53.7 Å². The molecule has 2 unspecified atom stereocenters. The third kappa shape index (κ3) is 7.52. The van der Waals surface area contributed by atoms with Gasteiger partial charge in [-0.1, -0.05) is 47.5 Å². The fourth-order valence-corrected chi connectivity index (χ4v) is 9.06. The summed E-state index contributed by atoms with van der Waals surface area (Å²) in [4.78, 5) is 23.5. The van der Waals surface area contributed by atoms with E-state index in [2.05, 4.69) is 47.8 Å². The van der Waals surface area contributed by atoms with Crippen molar-refractivity contribution in [1.82, 2.24) is 20.2 Å². The third-order valence-corrected chi connectivity index (χ3v) is 11.5. The molecule has 49 heavy (non-hydrogen) atoms. The summed E-state index contributed by atoms with van der Waals surface area (Å²) in [5.41, 5.74) is 10.8. The van der Waals surface area contributed by atoms with Gasteiger partial charge < -0.3 is 15.0 Å². The van der Waals surface area contributed by atoms with Crippen molar-refractivity contribution < 1.29 is 9.53 Å². The summed E-state index contributed by atoms with van der Waals surface area (Å²) in [5.74, 6) is 1.82. The lowest BCUT2D eigenvalue weighted by Crippen LogP contribution is -2.40. The molecule has 8 heteroatoms. The molecule has 2 aliphatic carbocycles. The van der Waals surface area contributed by atoms with Crippen molar-refractivity contribution in [3.8, 4) is 0 Å². The molecule has 8 rings (SSSR count). The molecule has 256 valence electrons. The molecule has 0 saturated carbocycles. The second-order valence-electron chi connectivity index (χ2n) is 13.8. The largest absolute Gasteiger partial charge is 0.450 e. The number of aryl methyl sites for hydroxylation is 4. The van der Waals surface area contributed by atoms with E-state index in [0.717, 1.165) is 74.7 Å². The van der Waals surface area contributed by atoms with E-state index in [1.54, 1.807) is 0 Å². The first-order valence-corrected chi connectivity index (χ1v) is 18.8. The Bertz CT molecular complexity index is 1770. The van der Waals surface area contributed by atoms with Gasteiger partial charge in [0.25, 0.3) is 0 Å². The van der Waals surface area contributed by atoms with Crippen LogP contribution in [0.2, 0.25) is 10.0 Å². The molecule has 2 fully saturated rings. The van der Waals surface area contributed by atoms with Gasteiger partial charge in [0.2, 0.25) is 0 Å². The molecule has 6 nitrogen and oxygen atoms in total. The van der Waals surface area contributed by atoms with Gasteiger partial charge in [-0.15, -0.1) is 0 Å². The lowest BCUT2D eigenvalue weighted by molar-refractivity contribution is 0.0900. The Morgan fingerprint density at radius 2 is 1.22 bits per heavy atom. The highest BCUT2D eigenvalue weighted by molar-refractivity contribution is 6.31. The van der Waals surface area contributed by atoms with Gasteiger partial charge in [0.15, 0.2) is 0 Å². The zero-order valence-corrected chi connectivity index (χ0v) is 29.9. The number of hydrogen-bond acceptors (Lipinski definition) is 5. The van der Waals surface area contributed by atoms with Crippen molar-refractivity contribution in [3.63, 3.8) is 0 Å². The topological polar surface area (TPSA) is 67.3 Å². The predicted octanol–water partition coefficient (Wildman–Crippen LogP) is 8.80. The Kier molecular flexibility index (Phi) is 10.8. The van der Waals surface area contributed by atoms with Crippen molar-refractivity contribution in [3.05, 3.63) is 128 Å². The van der Waals surface area contributed by atoms with E-state index in [1.165, 1.54) is 57.6 Å². The summed E-state index contributed by atoms with van der Waals surface area (Å²) >= 11 is 12.5. The highest BCUT2D eigenvalue weighted by Gasteiger charge is 2.35. The normalized spacial score (nSPS) is 20.7. The van der Waals surface area contributed by atoms with Gasteiger partial charge in [0.05, 0.1) is 18.0 Å². The lowest BCUT2D eigenvalue weighted by atomic mass is 9.76. The number of carbonyl (C=O) groups excluding carboxylic acids is 1. The van der Waals surface area contributed by atoms with E-state index in [9.17, 15) is 4.79 Å². The number of carbonyl (C=O) groups is 1. The van der Waals surface area contributed by atoms with Crippen LogP contribution in [0.5, 0.6) is 0 Å². The second-order valence-corrected chi connectivity index (χ2v) is 14.7. The SMILES string of the molecule is CCOC(=O)N1CCC(C2c3ccc(Cl)cc3CCc3cccnc32)CC1.Clc1ccc2c(c1)CCc1cccnc1C2C1CCNCC1. The number of piperidine rings is 2. The maximum atomic E-state index is 12.0. The Morgan fingerprint density at radius 1 is 0.735 bits per heavy atom. The monoisotopic (exact) mass is 696 g/mol. The quantitative estimate of drug-likeness (QED) is 0.232. The van der Waals surface area contributed by atoms with Crippen LogP contribution in [0.1, 0.15) is 89.2 Å². The molecule has 2 aromatic heterocycles. The van der Waals surface area contributed by atoms with Crippen LogP contribution in [0.15, 0.2) is 73.1 Å². The van der Waals surface area contributed by atoms with Crippen LogP contribution in [0.3, 0.4) is 0 Å². The Balaban J connectivity index is 0.000000157. The highest BCUT2D eigenvalue weighted by atomic mass is 35.5. The number of nitrogens with one attached hydrogen (secondary N) is 1. The minimum atomic E-state index is -0.192. The maximum absolute atomic E-state index is 12.0. The standard InChI is InChI=1S/C22H25ClN2O2.C19H21ClN2/c1-2-27-22(26)25-12-9-15(10-13-25)20-19-8-7-18(23)14-17(19)6-5-16-4-3-11-24-21(16)20;20-16-5-6-17-15(12-16)4-3-14-2-1-9-22-19(14)18(17)13-7-10-21-11-8-13/h3-4,7-8,11,14-15,20H,2,5-6,9-10,12-13H2,1H3;1-2,5-6,9,12-13,18,21H,3-4,7-8,10-11H2. The predicted molar refractivity (Wildman–Crippen MR) is 197 cm³/mol. The molecule has 4 aliphatic rings. The average Bonchev–Trinajstić information content (AvgIpc) is 3.40. The average molecular weight is 698 g/mol. The van der Waals surface area contributed by atoms with Gasteiger partial charge in [-0.05, 0) is 153 Å². The van der Waals surface area contributed by atoms with Gasteiger partial charge in [-0.3, -0.25) is 9.97 Å². The van der Waals surface area contributed by atoms with E-state index in [-0.39, 0.29) is 12.0 Å². The first kappa shape index (κ1) is 34.0. The van der Waals surface area contributed by atoms with Gasteiger partial charge in [0.1, 0.15) is 0 Å². The number of benzene rings is 2. The summed E-state index contributed by atoms with van der Waals surface area (Å²) in [6, 6.07) is 21.3. The first-order chi connectivity index (χ1) is 24.0. The molecular weight excluding hydrogens is 651 g/mol. The number of halogens is 2. The van der Waals surface area contributed by atoms with Gasteiger partial charge in [-0.25, -0.2) is 4.79 Å². The van der Waals surface area contributed by atoms with Crippen LogP contribution in [0, 0.1) is 11.8 Å². The van der Waals surface area contributed by atoms with E-state index in [4.69, 9.17) is 37.9 Å². The zero-order chi connectivity index (χ0) is 33.7. The van der Waals surface area contributed by atoms with Crippen molar-refractivity contribution in [1.29, 1.82) is 0 Å². The van der Waals surface area contributed by atoms with Crippen molar-refractivity contribution in [2.24, 2.45) is 11.8 Å². The summed E-state index contributed by atoms with van der Waals surface area (Å²) < 4.78 is 5.17. The Labute approximate surface area is 300 Å². The van der Waals surface area contributed by atoms with E-state index in [0.29, 0.717) is 24.4 Å². The molecule has 0 spiro atoms. The number of rotatable bonds is 3. The Hall–Kier alpha value is -3.45. The fourth-order valence-electron chi connectivity index (χ4n) is 8.67. The summed E-state index contributed by atoms with van der Waals surface area (Å²) in [7, 11) is 0. The minimum Gasteiger partial charge on any atom is -0.450 e. The molecule has 0 bridgehead atoms. The fraction of sp³-hybridized carbons (Fsp3) is 0.439. The van der Waals surface area contributed by atoms with Gasteiger partial charge >= 0.3 is 6.09 Å². The first-order valence-electron chi connectivity index (χ1n) is 18.1. The third-order valence-electron chi connectivity index (χ3n) is 11.0.